The zero-order chi connectivity index (χ0) is 14.5. The largest absolute Gasteiger partial charge is 0.486 e. The van der Waals surface area contributed by atoms with E-state index in [-0.39, 0.29) is 0 Å². The fourth-order valence-corrected chi connectivity index (χ4v) is 2.29. The van der Waals surface area contributed by atoms with Crippen molar-refractivity contribution < 1.29 is 9.47 Å². The first kappa shape index (κ1) is 14.7. The van der Waals surface area contributed by atoms with Crippen LogP contribution in [0.3, 0.4) is 0 Å². The first-order valence-electron chi connectivity index (χ1n) is 6.70. The summed E-state index contributed by atoms with van der Waals surface area (Å²) in [6, 6.07) is 5.75. The lowest BCUT2D eigenvalue weighted by molar-refractivity contribution is 0.171. The number of benzene rings is 1. The Morgan fingerprint density at radius 1 is 1.35 bits per heavy atom. The highest BCUT2D eigenvalue weighted by atomic mass is 32.1. The van der Waals surface area contributed by atoms with Crippen molar-refractivity contribution in [3.05, 3.63) is 30.4 Å². The molecule has 1 aliphatic rings. The van der Waals surface area contributed by atoms with E-state index >= 15 is 0 Å². The van der Waals surface area contributed by atoms with Crippen LogP contribution in [0.15, 0.2) is 30.4 Å². The molecule has 108 valence electrons. The van der Waals surface area contributed by atoms with Crippen LogP contribution in [0.5, 0.6) is 11.5 Å². The molecule has 1 aromatic carbocycles. The second-order valence-electron chi connectivity index (χ2n) is 4.76. The van der Waals surface area contributed by atoms with Crippen LogP contribution in [0.1, 0.15) is 13.8 Å². The van der Waals surface area contributed by atoms with Gasteiger partial charge in [0.25, 0.3) is 0 Å². The topological polar surface area (TPSA) is 33.7 Å². The molecule has 0 aliphatic carbocycles. The molecule has 0 aromatic heterocycles. The quantitative estimate of drug-likeness (QED) is 0.681. The fourth-order valence-electron chi connectivity index (χ4n) is 1.98. The second-order valence-corrected chi connectivity index (χ2v) is 5.15. The van der Waals surface area contributed by atoms with Crippen molar-refractivity contribution in [1.82, 2.24) is 4.90 Å². The first-order valence-corrected chi connectivity index (χ1v) is 7.11. The van der Waals surface area contributed by atoms with Gasteiger partial charge in [-0.3, -0.25) is 0 Å². The highest BCUT2D eigenvalue weighted by Gasteiger charge is 2.13. The van der Waals surface area contributed by atoms with Gasteiger partial charge in [0.2, 0.25) is 0 Å². The SMILES string of the molecule is C=C(C)CN(CC)C(=S)Nc1ccc2c(c1)OCCO2. The lowest BCUT2D eigenvalue weighted by atomic mass is 10.2. The molecule has 0 saturated carbocycles. The molecule has 20 heavy (non-hydrogen) atoms. The Kier molecular flexibility index (Phi) is 4.84. The normalized spacial score (nSPS) is 12.7. The Morgan fingerprint density at radius 3 is 2.70 bits per heavy atom. The van der Waals surface area contributed by atoms with Crippen molar-refractivity contribution in [2.75, 3.05) is 31.6 Å². The molecular formula is C15H20N2O2S. The van der Waals surface area contributed by atoms with Crippen molar-refractivity contribution in [3.63, 3.8) is 0 Å². The van der Waals surface area contributed by atoms with Crippen LogP contribution in [-0.4, -0.2) is 36.3 Å². The molecule has 0 spiro atoms. The van der Waals surface area contributed by atoms with E-state index < -0.39 is 0 Å². The predicted molar refractivity (Wildman–Crippen MR) is 85.7 cm³/mol. The van der Waals surface area contributed by atoms with Crippen LogP contribution < -0.4 is 14.8 Å². The minimum Gasteiger partial charge on any atom is -0.486 e. The van der Waals surface area contributed by atoms with E-state index in [1.54, 1.807) is 0 Å². The third kappa shape index (κ3) is 3.63. The number of nitrogens with zero attached hydrogens (tertiary/aromatic N) is 1. The number of hydrogen-bond donors (Lipinski definition) is 1. The Bertz CT molecular complexity index is 517. The van der Waals surface area contributed by atoms with E-state index in [0.717, 1.165) is 35.8 Å². The van der Waals surface area contributed by atoms with Crippen LogP contribution in [0, 0.1) is 0 Å². The van der Waals surface area contributed by atoms with E-state index in [1.165, 1.54) is 0 Å². The molecule has 0 radical (unpaired) electrons. The van der Waals surface area contributed by atoms with Crippen molar-refractivity contribution in [2.45, 2.75) is 13.8 Å². The molecule has 1 aromatic rings. The molecule has 1 aliphatic heterocycles. The average molecular weight is 292 g/mol. The number of thiocarbonyl (C=S) groups is 1. The first-order chi connectivity index (χ1) is 9.60. The van der Waals surface area contributed by atoms with Crippen LogP contribution in [0.25, 0.3) is 0 Å². The molecule has 5 heteroatoms. The number of nitrogens with one attached hydrogen (secondary N) is 1. The lowest BCUT2D eigenvalue weighted by Crippen LogP contribution is -2.35. The van der Waals surface area contributed by atoms with E-state index in [1.807, 2.05) is 25.1 Å². The maximum Gasteiger partial charge on any atom is 0.173 e. The van der Waals surface area contributed by atoms with Gasteiger partial charge in [-0.25, -0.2) is 0 Å². The monoisotopic (exact) mass is 292 g/mol. The summed E-state index contributed by atoms with van der Waals surface area (Å²) in [7, 11) is 0. The highest BCUT2D eigenvalue weighted by Crippen LogP contribution is 2.32. The number of hydrogen-bond acceptors (Lipinski definition) is 3. The third-order valence-electron chi connectivity index (χ3n) is 2.92. The van der Waals surface area contributed by atoms with Gasteiger partial charge in [0.05, 0.1) is 0 Å². The minimum absolute atomic E-state index is 0.581. The van der Waals surface area contributed by atoms with Gasteiger partial charge in [-0.05, 0) is 38.2 Å². The molecule has 2 rings (SSSR count). The van der Waals surface area contributed by atoms with Crippen LogP contribution >= 0.6 is 12.2 Å². The molecule has 4 nitrogen and oxygen atoms in total. The number of ether oxygens (including phenoxy) is 2. The van der Waals surface area contributed by atoms with Gasteiger partial charge in [0, 0.05) is 24.8 Å². The van der Waals surface area contributed by atoms with Gasteiger partial charge in [-0.15, -0.1) is 0 Å². The van der Waals surface area contributed by atoms with Crippen molar-refractivity contribution in [3.8, 4) is 11.5 Å². The Hall–Kier alpha value is -1.75. The van der Waals surface area contributed by atoms with Crippen LogP contribution in [0.4, 0.5) is 5.69 Å². The molecule has 0 unspecified atom stereocenters. The van der Waals surface area contributed by atoms with Crippen LogP contribution in [-0.2, 0) is 0 Å². The Morgan fingerprint density at radius 2 is 2.05 bits per heavy atom. The van der Waals surface area contributed by atoms with Gasteiger partial charge < -0.3 is 19.7 Å². The summed E-state index contributed by atoms with van der Waals surface area (Å²) in [5.41, 5.74) is 1.98. The van der Waals surface area contributed by atoms with Gasteiger partial charge in [-0.1, -0.05) is 12.2 Å². The van der Waals surface area contributed by atoms with Crippen molar-refractivity contribution in [2.24, 2.45) is 0 Å². The number of fused-ring (bicyclic) bond motifs is 1. The van der Waals surface area contributed by atoms with E-state index in [0.29, 0.717) is 18.3 Å². The van der Waals surface area contributed by atoms with Crippen LogP contribution in [0.2, 0.25) is 0 Å². The van der Waals surface area contributed by atoms with Gasteiger partial charge in [-0.2, -0.15) is 0 Å². The maximum atomic E-state index is 5.56. The third-order valence-corrected chi connectivity index (χ3v) is 3.28. The summed E-state index contributed by atoms with van der Waals surface area (Å²) in [6.07, 6.45) is 0. The zero-order valence-corrected chi connectivity index (χ0v) is 12.8. The van der Waals surface area contributed by atoms with E-state index in [2.05, 4.69) is 23.7 Å². The van der Waals surface area contributed by atoms with Crippen molar-refractivity contribution in [1.29, 1.82) is 0 Å². The molecule has 0 atom stereocenters. The predicted octanol–water partition coefficient (Wildman–Crippen LogP) is 3.05. The van der Waals surface area contributed by atoms with Gasteiger partial charge in [0.15, 0.2) is 16.6 Å². The number of likely N-dealkylation sites (N-methyl/N-ethyl adjacent to an activating group) is 1. The lowest BCUT2D eigenvalue weighted by Gasteiger charge is -2.25. The number of anilines is 1. The summed E-state index contributed by atoms with van der Waals surface area (Å²) < 4.78 is 11.1. The molecule has 0 saturated heterocycles. The zero-order valence-electron chi connectivity index (χ0n) is 11.9. The van der Waals surface area contributed by atoms with Gasteiger partial charge >= 0.3 is 0 Å². The van der Waals surface area contributed by atoms with Gasteiger partial charge in [0.1, 0.15) is 13.2 Å². The average Bonchev–Trinajstić information content (AvgIpc) is 2.44. The fraction of sp³-hybridized carbons (Fsp3) is 0.400. The maximum absolute atomic E-state index is 5.56. The minimum atomic E-state index is 0.581. The van der Waals surface area contributed by atoms with E-state index in [9.17, 15) is 0 Å². The summed E-state index contributed by atoms with van der Waals surface area (Å²) in [6.45, 7) is 10.8. The summed E-state index contributed by atoms with van der Waals surface area (Å²) in [4.78, 5) is 2.06. The summed E-state index contributed by atoms with van der Waals surface area (Å²) in [5, 5.41) is 3.92. The molecule has 0 bridgehead atoms. The molecule has 0 amide bonds. The van der Waals surface area contributed by atoms with E-state index in [4.69, 9.17) is 21.7 Å². The summed E-state index contributed by atoms with van der Waals surface area (Å²) >= 11 is 5.43. The standard InChI is InChI=1S/C15H20N2O2S/c1-4-17(10-11(2)3)15(20)16-12-5-6-13-14(9-12)19-8-7-18-13/h5-6,9H,2,4,7-8,10H2,1,3H3,(H,16,20). The van der Waals surface area contributed by atoms with Crippen molar-refractivity contribution >= 4 is 23.0 Å². The Labute approximate surface area is 125 Å². The second kappa shape index (κ2) is 6.61. The smallest absolute Gasteiger partial charge is 0.173 e. The summed E-state index contributed by atoms with van der Waals surface area (Å²) in [5.74, 6) is 1.54. The molecule has 1 N–H and O–H groups in total. The highest BCUT2D eigenvalue weighted by molar-refractivity contribution is 7.80. The Balaban J connectivity index is 2.05. The molecule has 0 fully saturated rings. The molecular weight excluding hydrogens is 272 g/mol. The molecule has 1 heterocycles. The number of rotatable bonds is 4.